The molecule has 12 heteroatoms. The molecule has 2 fully saturated rings. The van der Waals surface area contributed by atoms with Gasteiger partial charge in [0.2, 0.25) is 0 Å². The van der Waals surface area contributed by atoms with Gasteiger partial charge in [0.15, 0.2) is 0 Å². The smallest absolute Gasteiger partial charge is 0.345 e. The Morgan fingerprint density at radius 3 is 2.50 bits per heavy atom. The van der Waals surface area contributed by atoms with Gasteiger partial charge in [-0.1, -0.05) is 6.08 Å². The van der Waals surface area contributed by atoms with Crippen LogP contribution in [-0.4, -0.2) is 115 Å². The Labute approximate surface area is 246 Å². The number of carbonyl (C=O) groups is 1. The first kappa shape index (κ1) is 30.4. The summed E-state index contributed by atoms with van der Waals surface area (Å²) in [4.78, 5) is 23.8. The van der Waals surface area contributed by atoms with E-state index >= 15 is 0 Å². The fourth-order valence-corrected chi connectivity index (χ4v) is 6.33. The van der Waals surface area contributed by atoms with Gasteiger partial charge in [0.05, 0.1) is 29.1 Å². The molecule has 0 bridgehead atoms. The molecule has 1 unspecified atom stereocenters. The molecule has 2 saturated heterocycles. The Kier molecular flexibility index (Phi) is 9.44. The third-order valence-corrected chi connectivity index (χ3v) is 8.86. The van der Waals surface area contributed by atoms with Crippen LogP contribution in [0.25, 0.3) is 5.52 Å². The van der Waals surface area contributed by atoms with Crippen LogP contribution in [0.3, 0.4) is 0 Å². The molecule has 1 N–H and O–H groups in total. The number of methoxy groups -OCH3 is 1. The number of likely N-dealkylation sites (tertiary alicyclic amines) is 1. The maximum absolute atomic E-state index is 12.5. The molecule has 2 amide bonds. The fourth-order valence-electron chi connectivity index (χ4n) is 6.33. The highest BCUT2D eigenvalue weighted by Crippen LogP contribution is 2.37. The number of piperidine rings is 1. The van der Waals surface area contributed by atoms with Crippen LogP contribution in [-0.2, 0) is 9.47 Å². The minimum atomic E-state index is -2.74. The number of anilines is 1. The normalized spacial score (nSPS) is 22.2. The van der Waals surface area contributed by atoms with Crippen molar-refractivity contribution in [2.24, 2.45) is 10.9 Å². The molecule has 2 atom stereocenters. The van der Waals surface area contributed by atoms with Crippen molar-refractivity contribution < 1.29 is 23.0 Å². The van der Waals surface area contributed by atoms with Crippen LogP contribution in [0.15, 0.2) is 41.7 Å². The van der Waals surface area contributed by atoms with Crippen molar-refractivity contribution in [1.29, 1.82) is 0 Å². The predicted molar refractivity (Wildman–Crippen MR) is 159 cm³/mol. The molecule has 0 aromatic carbocycles. The Morgan fingerprint density at radius 2 is 1.88 bits per heavy atom. The van der Waals surface area contributed by atoms with Crippen LogP contribution < -0.4 is 10.2 Å². The highest BCUT2D eigenvalue weighted by Gasteiger charge is 2.42. The zero-order chi connectivity index (χ0) is 29.9. The molecule has 5 heterocycles. The maximum Gasteiger partial charge on any atom is 0.345 e. The molecule has 0 aliphatic carbocycles. The van der Waals surface area contributed by atoms with E-state index in [0.717, 1.165) is 61.5 Å². The van der Waals surface area contributed by atoms with Crippen LogP contribution >= 0.6 is 0 Å². The van der Waals surface area contributed by atoms with Gasteiger partial charge in [0, 0.05) is 88.9 Å². The standard InChI is InChI=1S/C30H43F2N7O3/c1-21(2)35-29(40)38-15-13-37(14-16-38)26-7-10-34-39-19-23(17-27(26)39)25-6-5-24(18-33-25)30(41-4)8-11-36(12-9-30)22(3)20-42-28(31)32/h5-7,10,17,19,21-22,24,28H,8-9,11-16,18,20H2,1-4H3,(H,35,40)/t22-,24?/m0/s1. The number of aliphatic imine (C=N–C) groups is 1. The summed E-state index contributed by atoms with van der Waals surface area (Å²) in [6, 6.07) is 4.20. The van der Waals surface area contributed by atoms with Crippen LogP contribution in [0.4, 0.5) is 19.3 Å². The molecule has 42 heavy (non-hydrogen) atoms. The SMILES string of the molecule is COC1(C2C=CC(c3cc4c(N5CCN(C(=O)NC(C)C)CC5)ccnn4c3)=NC2)CCN([C@@H](C)COC(F)F)CC1. The molecule has 3 aliphatic rings. The van der Waals surface area contributed by atoms with Crippen LogP contribution in [0, 0.1) is 5.92 Å². The van der Waals surface area contributed by atoms with Gasteiger partial charge in [-0.15, -0.1) is 0 Å². The molecule has 0 spiro atoms. The molecule has 0 saturated carbocycles. The zero-order valence-electron chi connectivity index (χ0n) is 25.0. The van der Waals surface area contributed by atoms with E-state index in [0.29, 0.717) is 19.6 Å². The van der Waals surface area contributed by atoms with Crippen LogP contribution in [0.2, 0.25) is 0 Å². The lowest BCUT2D eigenvalue weighted by Crippen LogP contribution is -2.53. The number of alkyl halides is 2. The van der Waals surface area contributed by atoms with E-state index in [-0.39, 0.29) is 36.2 Å². The number of nitrogens with one attached hydrogen (secondary N) is 1. The number of piperazine rings is 1. The van der Waals surface area contributed by atoms with E-state index in [4.69, 9.17) is 9.73 Å². The molecule has 2 aromatic rings. The average Bonchev–Trinajstić information content (AvgIpc) is 3.44. The third-order valence-electron chi connectivity index (χ3n) is 8.86. The summed E-state index contributed by atoms with van der Waals surface area (Å²) >= 11 is 0. The summed E-state index contributed by atoms with van der Waals surface area (Å²) in [6.45, 7) is 8.12. The number of rotatable bonds is 9. The van der Waals surface area contributed by atoms with Crippen molar-refractivity contribution in [1.82, 2.24) is 24.7 Å². The second-order valence-corrected chi connectivity index (χ2v) is 11.8. The van der Waals surface area contributed by atoms with Crippen molar-refractivity contribution in [3.63, 3.8) is 0 Å². The van der Waals surface area contributed by atoms with Crippen LogP contribution in [0.1, 0.15) is 39.2 Å². The Hall–Kier alpha value is -3.09. The molecule has 0 radical (unpaired) electrons. The van der Waals surface area contributed by atoms with Crippen molar-refractivity contribution in [2.45, 2.75) is 57.9 Å². The number of allylic oxidation sites excluding steroid dienone is 1. The maximum atomic E-state index is 12.5. The topological polar surface area (TPSA) is 86.9 Å². The molecular weight excluding hydrogens is 544 g/mol. The number of urea groups is 1. The lowest BCUT2D eigenvalue weighted by atomic mass is 9.77. The monoisotopic (exact) mass is 587 g/mol. The molecule has 230 valence electrons. The minimum Gasteiger partial charge on any atom is -0.377 e. The number of ether oxygens (including phenoxy) is 2. The summed E-state index contributed by atoms with van der Waals surface area (Å²) in [5.41, 5.74) is 3.70. The number of carbonyl (C=O) groups excluding carboxylic acids is 1. The summed E-state index contributed by atoms with van der Waals surface area (Å²) in [7, 11) is 1.76. The van der Waals surface area contributed by atoms with E-state index in [1.165, 1.54) is 0 Å². The number of fused-ring (bicyclic) bond motifs is 1. The summed E-state index contributed by atoms with van der Waals surface area (Å²) in [5.74, 6) is 0.135. The number of halogens is 2. The van der Waals surface area contributed by atoms with Crippen molar-refractivity contribution >= 4 is 22.9 Å². The quantitative estimate of drug-likeness (QED) is 0.482. The van der Waals surface area contributed by atoms with Crippen LogP contribution in [0.5, 0.6) is 0 Å². The Bertz CT molecular complexity index is 1280. The second-order valence-electron chi connectivity index (χ2n) is 11.8. The van der Waals surface area contributed by atoms with Gasteiger partial charge in [-0.05, 0) is 51.8 Å². The van der Waals surface area contributed by atoms with E-state index < -0.39 is 6.61 Å². The summed E-state index contributed by atoms with van der Waals surface area (Å²) in [5, 5.41) is 7.52. The van der Waals surface area contributed by atoms with Gasteiger partial charge in [-0.2, -0.15) is 13.9 Å². The number of nitrogens with zero attached hydrogens (tertiary/aromatic N) is 6. The number of amides is 2. The number of hydrogen-bond acceptors (Lipinski definition) is 7. The van der Waals surface area contributed by atoms with E-state index in [9.17, 15) is 13.6 Å². The van der Waals surface area contributed by atoms with Gasteiger partial charge >= 0.3 is 12.6 Å². The van der Waals surface area contributed by atoms with E-state index in [1.54, 1.807) is 7.11 Å². The van der Waals surface area contributed by atoms with E-state index in [2.05, 4.69) is 43.2 Å². The summed E-state index contributed by atoms with van der Waals surface area (Å²) in [6.07, 6.45) is 9.73. The molecule has 10 nitrogen and oxygen atoms in total. The highest BCUT2D eigenvalue weighted by atomic mass is 19.3. The first-order valence-corrected chi connectivity index (χ1v) is 14.9. The first-order valence-electron chi connectivity index (χ1n) is 14.9. The predicted octanol–water partition coefficient (Wildman–Crippen LogP) is 3.66. The van der Waals surface area contributed by atoms with Crippen molar-refractivity contribution in [2.75, 3.05) is 64.4 Å². The largest absolute Gasteiger partial charge is 0.377 e. The van der Waals surface area contributed by atoms with Gasteiger partial charge in [0.1, 0.15) is 0 Å². The minimum absolute atomic E-state index is 0.00951. The number of aromatic nitrogens is 2. The second kappa shape index (κ2) is 13.0. The fraction of sp³-hybridized carbons (Fsp3) is 0.633. The first-order chi connectivity index (χ1) is 20.2. The zero-order valence-corrected chi connectivity index (χ0v) is 25.0. The lowest BCUT2D eigenvalue weighted by Gasteiger charge is -2.46. The van der Waals surface area contributed by atoms with Gasteiger partial charge < -0.3 is 24.6 Å². The molecule has 5 rings (SSSR count). The molecule has 3 aliphatic heterocycles. The molecular formula is C30H43F2N7O3. The molecule has 2 aromatic heterocycles. The lowest BCUT2D eigenvalue weighted by molar-refractivity contribution is -0.146. The number of dihydropyridines is 1. The third kappa shape index (κ3) is 6.60. The van der Waals surface area contributed by atoms with Gasteiger partial charge in [0.25, 0.3) is 0 Å². The Morgan fingerprint density at radius 1 is 1.14 bits per heavy atom. The van der Waals surface area contributed by atoms with Crippen molar-refractivity contribution in [3.8, 4) is 0 Å². The van der Waals surface area contributed by atoms with Gasteiger partial charge in [-0.25, -0.2) is 9.31 Å². The van der Waals surface area contributed by atoms with E-state index in [1.807, 2.05) is 48.6 Å². The summed E-state index contributed by atoms with van der Waals surface area (Å²) < 4.78 is 37.5. The Balaban J connectivity index is 1.22. The average molecular weight is 588 g/mol. The van der Waals surface area contributed by atoms with Gasteiger partial charge in [-0.3, -0.25) is 9.89 Å². The number of hydrogen-bond donors (Lipinski definition) is 1. The highest BCUT2D eigenvalue weighted by molar-refractivity contribution is 6.10. The van der Waals surface area contributed by atoms with Crippen molar-refractivity contribution in [3.05, 3.63) is 42.2 Å².